The van der Waals surface area contributed by atoms with Gasteiger partial charge in [-0.1, -0.05) is 12.1 Å². The molecule has 1 amide bonds. The molecule has 0 spiro atoms. The molecule has 0 aliphatic carbocycles. The number of nitrogens with zero attached hydrogens (tertiary/aromatic N) is 1. The number of hydrogen-bond acceptors (Lipinski definition) is 3. The van der Waals surface area contributed by atoms with E-state index >= 15 is 0 Å². The summed E-state index contributed by atoms with van der Waals surface area (Å²) >= 11 is 0. The number of carbonyl (C=O) groups excluding carboxylic acids is 1. The van der Waals surface area contributed by atoms with E-state index in [0.717, 1.165) is 12.3 Å². The molecular weight excluding hydrogens is 314 g/mol. The Morgan fingerprint density at radius 2 is 1.96 bits per heavy atom. The summed E-state index contributed by atoms with van der Waals surface area (Å²) in [4.78, 5) is 14.9. The molecule has 0 bridgehead atoms. The summed E-state index contributed by atoms with van der Waals surface area (Å²) in [6, 6.07) is 7.87. The predicted octanol–water partition coefficient (Wildman–Crippen LogP) is 2.97. The maximum absolute atomic E-state index is 13.0. The van der Waals surface area contributed by atoms with Crippen molar-refractivity contribution in [1.82, 2.24) is 10.3 Å². The molecule has 0 aliphatic rings. The molecule has 2 aromatic rings. The van der Waals surface area contributed by atoms with Crippen molar-refractivity contribution in [3.8, 4) is 0 Å². The molecule has 0 saturated carbocycles. The molecule has 2 N–H and O–H groups in total. The molecule has 0 saturated heterocycles. The highest BCUT2D eigenvalue weighted by molar-refractivity contribution is 5.92. The molecule has 1 aromatic carbocycles. The predicted molar refractivity (Wildman–Crippen MR) is 76.0 cm³/mol. The Hall–Kier alpha value is -2.48. The largest absolute Gasteiger partial charge is 0.433 e. The zero-order valence-electron chi connectivity index (χ0n) is 11.8. The highest BCUT2D eigenvalue weighted by atomic mass is 19.4. The van der Waals surface area contributed by atoms with Gasteiger partial charge < -0.3 is 10.6 Å². The molecule has 0 radical (unpaired) electrons. The smallest absolute Gasteiger partial charge is 0.325 e. The fourth-order valence-electron chi connectivity index (χ4n) is 1.84. The first-order chi connectivity index (χ1) is 10.8. The Morgan fingerprint density at radius 1 is 1.17 bits per heavy atom. The highest BCUT2D eigenvalue weighted by Crippen LogP contribution is 2.28. The Bertz CT molecular complexity index is 688. The fourth-order valence-corrected chi connectivity index (χ4v) is 1.84. The van der Waals surface area contributed by atoms with Crippen LogP contribution in [0.1, 0.15) is 11.3 Å². The second-order valence-corrected chi connectivity index (χ2v) is 4.71. The average molecular weight is 327 g/mol. The Kier molecular flexibility index (Phi) is 5.28. The van der Waals surface area contributed by atoms with Crippen LogP contribution in [-0.2, 0) is 17.5 Å². The molecule has 0 atom stereocenters. The third kappa shape index (κ3) is 5.33. The minimum Gasteiger partial charge on any atom is -0.325 e. The summed E-state index contributed by atoms with van der Waals surface area (Å²) in [7, 11) is 0. The molecule has 122 valence electrons. The summed E-state index contributed by atoms with van der Waals surface area (Å²) in [6.45, 7) is 0.134. The van der Waals surface area contributed by atoms with Crippen LogP contribution < -0.4 is 10.6 Å². The van der Waals surface area contributed by atoms with Crippen molar-refractivity contribution in [3.63, 3.8) is 0 Å². The lowest BCUT2D eigenvalue weighted by molar-refractivity contribution is -0.141. The number of alkyl halides is 3. The van der Waals surface area contributed by atoms with E-state index in [1.165, 1.54) is 18.2 Å². The first-order valence-electron chi connectivity index (χ1n) is 6.63. The van der Waals surface area contributed by atoms with E-state index in [2.05, 4.69) is 15.6 Å². The molecule has 8 heteroatoms. The summed E-state index contributed by atoms with van der Waals surface area (Å²) in [5.74, 6) is -0.897. The van der Waals surface area contributed by atoms with Crippen molar-refractivity contribution in [1.29, 1.82) is 0 Å². The monoisotopic (exact) mass is 327 g/mol. The van der Waals surface area contributed by atoms with E-state index in [9.17, 15) is 22.4 Å². The van der Waals surface area contributed by atoms with Gasteiger partial charge in [-0.25, -0.2) is 4.39 Å². The van der Waals surface area contributed by atoms with Crippen LogP contribution in [0.3, 0.4) is 0 Å². The van der Waals surface area contributed by atoms with Crippen LogP contribution in [0.4, 0.5) is 23.2 Å². The van der Waals surface area contributed by atoms with Gasteiger partial charge in [0, 0.05) is 18.4 Å². The number of carbonyl (C=O) groups is 1. The number of hydrogen-bond donors (Lipinski definition) is 2. The average Bonchev–Trinajstić information content (AvgIpc) is 2.46. The number of halogens is 4. The van der Waals surface area contributed by atoms with E-state index in [1.807, 2.05) is 0 Å². The maximum Gasteiger partial charge on any atom is 0.433 e. The van der Waals surface area contributed by atoms with Gasteiger partial charge in [-0.3, -0.25) is 9.78 Å². The summed E-state index contributed by atoms with van der Waals surface area (Å²) < 4.78 is 50.5. The zero-order valence-corrected chi connectivity index (χ0v) is 11.8. The second kappa shape index (κ2) is 7.19. The van der Waals surface area contributed by atoms with Crippen LogP contribution in [0, 0.1) is 5.82 Å². The molecule has 4 nitrogen and oxygen atoms in total. The van der Waals surface area contributed by atoms with Crippen LogP contribution in [0.25, 0.3) is 0 Å². The van der Waals surface area contributed by atoms with Gasteiger partial charge in [-0.05, 0) is 29.8 Å². The Labute approximate surface area is 129 Å². The number of aromatic nitrogens is 1. The van der Waals surface area contributed by atoms with Crippen molar-refractivity contribution in [2.45, 2.75) is 12.7 Å². The van der Waals surface area contributed by atoms with Crippen LogP contribution in [0.15, 0.2) is 42.6 Å². The minimum atomic E-state index is -4.57. The van der Waals surface area contributed by atoms with Crippen molar-refractivity contribution in [2.24, 2.45) is 0 Å². The number of pyridine rings is 1. The molecule has 0 fully saturated rings. The zero-order chi connectivity index (χ0) is 16.9. The lowest BCUT2D eigenvalue weighted by Crippen LogP contribution is -2.27. The van der Waals surface area contributed by atoms with Crippen LogP contribution in [-0.4, -0.2) is 17.4 Å². The number of benzene rings is 1. The van der Waals surface area contributed by atoms with Crippen molar-refractivity contribution in [3.05, 3.63) is 59.7 Å². The van der Waals surface area contributed by atoms with Crippen molar-refractivity contribution in [2.75, 3.05) is 11.9 Å². The molecule has 1 heterocycles. The first kappa shape index (κ1) is 16.9. The number of amides is 1. The lowest BCUT2D eigenvalue weighted by Gasteiger charge is -2.09. The van der Waals surface area contributed by atoms with Gasteiger partial charge >= 0.3 is 6.18 Å². The molecule has 1 aromatic heterocycles. The van der Waals surface area contributed by atoms with E-state index in [1.54, 1.807) is 12.1 Å². The fraction of sp³-hybridized carbons (Fsp3) is 0.200. The topological polar surface area (TPSA) is 54.0 Å². The summed E-state index contributed by atoms with van der Waals surface area (Å²) in [6.07, 6.45) is -3.60. The van der Waals surface area contributed by atoms with Gasteiger partial charge in [-0.15, -0.1) is 0 Å². The molecule has 0 aliphatic heterocycles. The molecule has 2 rings (SSSR count). The number of anilines is 1. The number of nitrogens with one attached hydrogen (secondary N) is 2. The maximum atomic E-state index is 13.0. The van der Waals surface area contributed by atoms with Crippen molar-refractivity contribution >= 4 is 11.6 Å². The van der Waals surface area contributed by atoms with Crippen LogP contribution in [0.2, 0.25) is 0 Å². The van der Waals surface area contributed by atoms with Gasteiger partial charge in [0.05, 0.1) is 6.54 Å². The second-order valence-electron chi connectivity index (χ2n) is 4.71. The van der Waals surface area contributed by atoms with Crippen LogP contribution in [0.5, 0.6) is 0 Å². The Morgan fingerprint density at radius 3 is 2.65 bits per heavy atom. The summed E-state index contributed by atoms with van der Waals surface area (Å²) in [5.41, 5.74) is -0.422. The molecule has 0 unspecified atom stereocenters. The van der Waals surface area contributed by atoms with Gasteiger partial charge in [0.15, 0.2) is 0 Å². The minimum absolute atomic E-state index is 0.00452. The molecule has 23 heavy (non-hydrogen) atoms. The Balaban J connectivity index is 1.85. The van der Waals surface area contributed by atoms with Crippen molar-refractivity contribution < 1.29 is 22.4 Å². The summed E-state index contributed by atoms with van der Waals surface area (Å²) in [5, 5.41) is 5.11. The highest BCUT2D eigenvalue weighted by Gasteiger charge is 2.32. The van der Waals surface area contributed by atoms with Gasteiger partial charge in [0.1, 0.15) is 11.5 Å². The normalized spacial score (nSPS) is 11.3. The van der Waals surface area contributed by atoms with E-state index in [0.29, 0.717) is 5.56 Å². The molecular formula is C15H13F4N3O. The number of rotatable bonds is 5. The third-order valence-electron chi connectivity index (χ3n) is 2.84. The van der Waals surface area contributed by atoms with E-state index < -0.39 is 17.8 Å². The van der Waals surface area contributed by atoms with E-state index in [4.69, 9.17) is 0 Å². The SMILES string of the molecule is O=C(CNCc1cccc(F)c1)Nc1ccnc(C(F)(F)F)c1. The quantitative estimate of drug-likeness (QED) is 0.830. The van der Waals surface area contributed by atoms with Gasteiger partial charge in [-0.2, -0.15) is 13.2 Å². The van der Waals surface area contributed by atoms with E-state index in [-0.39, 0.29) is 24.6 Å². The van der Waals surface area contributed by atoms with Gasteiger partial charge in [0.2, 0.25) is 5.91 Å². The third-order valence-corrected chi connectivity index (χ3v) is 2.84. The lowest BCUT2D eigenvalue weighted by atomic mass is 10.2. The van der Waals surface area contributed by atoms with Crippen LogP contribution >= 0.6 is 0 Å². The first-order valence-corrected chi connectivity index (χ1v) is 6.63. The standard InChI is InChI=1S/C15H13F4N3O/c16-11-3-1-2-10(6-11)8-20-9-14(23)22-12-4-5-21-13(7-12)15(17,18)19/h1-7,20H,8-9H2,(H,21,22,23). The van der Waals surface area contributed by atoms with Gasteiger partial charge in [0.25, 0.3) is 0 Å².